The maximum Gasteiger partial charge on any atom is 0.0436 e. The molecule has 0 spiro atoms. The molecule has 0 fully saturated rings. The molecule has 0 aliphatic carbocycles. The standard InChI is InChI=1S/C15H15ClIN/c1-10-3-4-12(8-15(10)17)9-18-13-5-6-14(16)11(2)7-13/h3-8,18H,9H2,1-2H3. The smallest absolute Gasteiger partial charge is 0.0436 e. The highest BCUT2D eigenvalue weighted by molar-refractivity contribution is 14.1. The minimum absolute atomic E-state index is 0.811. The lowest BCUT2D eigenvalue weighted by molar-refractivity contribution is 1.14. The minimum atomic E-state index is 0.811. The summed E-state index contributed by atoms with van der Waals surface area (Å²) in [6.45, 7) is 4.97. The first-order chi connectivity index (χ1) is 8.56. The van der Waals surface area contributed by atoms with Crippen LogP contribution in [0.2, 0.25) is 5.02 Å². The number of hydrogen-bond acceptors (Lipinski definition) is 1. The van der Waals surface area contributed by atoms with E-state index in [9.17, 15) is 0 Å². The van der Waals surface area contributed by atoms with Crippen molar-refractivity contribution in [1.29, 1.82) is 0 Å². The summed E-state index contributed by atoms with van der Waals surface area (Å²) in [5.74, 6) is 0. The van der Waals surface area contributed by atoms with Gasteiger partial charge in [0.2, 0.25) is 0 Å². The van der Waals surface area contributed by atoms with Gasteiger partial charge in [0, 0.05) is 20.8 Å². The molecule has 0 unspecified atom stereocenters. The molecule has 0 radical (unpaired) electrons. The molecular formula is C15H15ClIN. The lowest BCUT2D eigenvalue weighted by atomic mass is 10.1. The third-order valence-electron chi connectivity index (χ3n) is 2.89. The van der Waals surface area contributed by atoms with Gasteiger partial charge in [0.05, 0.1) is 0 Å². The Kier molecular flexibility index (Phi) is 4.51. The summed E-state index contributed by atoms with van der Waals surface area (Å²) in [5, 5.41) is 4.22. The van der Waals surface area contributed by atoms with E-state index >= 15 is 0 Å². The van der Waals surface area contributed by atoms with Gasteiger partial charge >= 0.3 is 0 Å². The van der Waals surface area contributed by atoms with Gasteiger partial charge in [-0.2, -0.15) is 0 Å². The molecule has 2 rings (SSSR count). The largest absolute Gasteiger partial charge is 0.381 e. The summed E-state index contributed by atoms with van der Waals surface area (Å²) in [6, 6.07) is 12.5. The minimum Gasteiger partial charge on any atom is -0.381 e. The van der Waals surface area contributed by atoms with Gasteiger partial charge in [-0.25, -0.2) is 0 Å². The first-order valence-corrected chi connectivity index (χ1v) is 7.27. The Hall–Kier alpha value is -0.740. The van der Waals surface area contributed by atoms with Crippen molar-refractivity contribution in [3.63, 3.8) is 0 Å². The van der Waals surface area contributed by atoms with E-state index in [1.807, 2.05) is 19.1 Å². The molecule has 0 saturated heterocycles. The topological polar surface area (TPSA) is 12.0 Å². The average Bonchev–Trinajstić information content (AvgIpc) is 2.35. The quantitative estimate of drug-likeness (QED) is 0.734. The Balaban J connectivity index is 2.06. The Labute approximate surface area is 127 Å². The van der Waals surface area contributed by atoms with Crippen molar-refractivity contribution in [3.05, 3.63) is 61.7 Å². The molecule has 0 atom stereocenters. The fraction of sp³-hybridized carbons (Fsp3) is 0.200. The van der Waals surface area contributed by atoms with E-state index in [1.165, 1.54) is 14.7 Å². The van der Waals surface area contributed by atoms with Gasteiger partial charge in [-0.15, -0.1) is 0 Å². The zero-order valence-corrected chi connectivity index (χ0v) is 13.3. The SMILES string of the molecule is Cc1cc(NCc2ccc(C)c(I)c2)ccc1Cl. The maximum absolute atomic E-state index is 6.01. The summed E-state index contributed by atoms with van der Waals surface area (Å²) in [5.41, 5.74) is 4.81. The number of nitrogens with one attached hydrogen (secondary N) is 1. The van der Waals surface area contributed by atoms with Crippen LogP contribution in [-0.2, 0) is 6.54 Å². The number of halogens is 2. The summed E-state index contributed by atoms with van der Waals surface area (Å²) < 4.78 is 1.30. The number of hydrogen-bond donors (Lipinski definition) is 1. The number of rotatable bonds is 3. The van der Waals surface area contributed by atoms with Crippen LogP contribution < -0.4 is 5.32 Å². The summed E-state index contributed by atoms with van der Waals surface area (Å²) in [4.78, 5) is 0. The first-order valence-electron chi connectivity index (χ1n) is 5.81. The molecule has 0 amide bonds. The van der Waals surface area contributed by atoms with Crippen molar-refractivity contribution >= 4 is 39.9 Å². The van der Waals surface area contributed by atoms with E-state index in [4.69, 9.17) is 11.6 Å². The zero-order valence-electron chi connectivity index (χ0n) is 10.4. The highest BCUT2D eigenvalue weighted by Gasteiger charge is 2.00. The van der Waals surface area contributed by atoms with Gasteiger partial charge in [0.1, 0.15) is 0 Å². The molecule has 1 N–H and O–H groups in total. The average molecular weight is 372 g/mol. The van der Waals surface area contributed by atoms with E-state index in [1.54, 1.807) is 0 Å². The summed E-state index contributed by atoms with van der Waals surface area (Å²) in [6.07, 6.45) is 0. The van der Waals surface area contributed by atoms with E-state index in [0.717, 1.165) is 22.8 Å². The molecule has 94 valence electrons. The van der Waals surface area contributed by atoms with Crippen LogP contribution >= 0.6 is 34.2 Å². The van der Waals surface area contributed by atoms with Gasteiger partial charge in [0.25, 0.3) is 0 Å². The molecule has 0 heterocycles. The van der Waals surface area contributed by atoms with E-state index < -0.39 is 0 Å². The van der Waals surface area contributed by atoms with Crippen LogP contribution in [0.4, 0.5) is 5.69 Å². The van der Waals surface area contributed by atoms with Crippen molar-refractivity contribution in [2.24, 2.45) is 0 Å². The molecular weight excluding hydrogens is 357 g/mol. The van der Waals surface area contributed by atoms with Gasteiger partial charge in [0.15, 0.2) is 0 Å². The molecule has 2 aromatic rings. The third kappa shape index (κ3) is 3.39. The number of anilines is 1. The zero-order chi connectivity index (χ0) is 13.1. The van der Waals surface area contributed by atoms with E-state index in [0.29, 0.717) is 0 Å². The second-order valence-corrected chi connectivity index (χ2v) is 5.97. The van der Waals surface area contributed by atoms with Crippen LogP contribution in [0.15, 0.2) is 36.4 Å². The number of benzene rings is 2. The Morgan fingerprint density at radius 1 is 1.06 bits per heavy atom. The summed E-state index contributed by atoms with van der Waals surface area (Å²) in [7, 11) is 0. The van der Waals surface area contributed by atoms with Crippen LogP contribution in [0.25, 0.3) is 0 Å². The van der Waals surface area contributed by atoms with Crippen LogP contribution in [-0.4, -0.2) is 0 Å². The highest BCUT2D eigenvalue weighted by atomic mass is 127. The predicted molar refractivity (Wildman–Crippen MR) is 87.4 cm³/mol. The molecule has 0 aromatic heterocycles. The van der Waals surface area contributed by atoms with Gasteiger partial charge < -0.3 is 5.32 Å². The number of aryl methyl sites for hydroxylation is 2. The Morgan fingerprint density at radius 2 is 1.83 bits per heavy atom. The highest BCUT2D eigenvalue weighted by Crippen LogP contribution is 2.20. The second-order valence-electron chi connectivity index (χ2n) is 4.40. The van der Waals surface area contributed by atoms with Gasteiger partial charge in [-0.1, -0.05) is 23.7 Å². The van der Waals surface area contributed by atoms with Crippen molar-refractivity contribution in [2.75, 3.05) is 5.32 Å². The Bertz CT molecular complexity index is 515. The molecule has 18 heavy (non-hydrogen) atoms. The normalized spacial score (nSPS) is 10.4. The van der Waals surface area contributed by atoms with Crippen molar-refractivity contribution < 1.29 is 0 Å². The molecule has 3 heteroatoms. The van der Waals surface area contributed by atoms with E-state index in [2.05, 4.69) is 59.1 Å². The fourth-order valence-corrected chi connectivity index (χ4v) is 2.40. The van der Waals surface area contributed by atoms with E-state index in [-0.39, 0.29) is 0 Å². The van der Waals surface area contributed by atoms with Gasteiger partial charge in [-0.05, 0) is 77.4 Å². The van der Waals surface area contributed by atoms with Crippen LogP contribution in [0.3, 0.4) is 0 Å². The lowest BCUT2D eigenvalue weighted by Gasteiger charge is -2.09. The molecule has 0 bridgehead atoms. The molecule has 1 nitrogen and oxygen atoms in total. The summed E-state index contributed by atoms with van der Waals surface area (Å²) >= 11 is 8.38. The first kappa shape index (κ1) is 13.7. The van der Waals surface area contributed by atoms with Gasteiger partial charge in [-0.3, -0.25) is 0 Å². The molecule has 0 aliphatic heterocycles. The van der Waals surface area contributed by atoms with Crippen molar-refractivity contribution in [3.8, 4) is 0 Å². The molecule has 2 aromatic carbocycles. The predicted octanol–water partition coefficient (Wildman–Crippen LogP) is 5.17. The lowest BCUT2D eigenvalue weighted by Crippen LogP contribution is -2.00. The monoisotopic (exact) mass is 371 g/mol. The molecule has 0 aliphatic rings. The van der Waals surface area contributed by atoms with Crippen LogP contribution in [0, 0.1) is 17.4 Å². The fourth-order valence-electron chi connectivity index (χ4n) is 1.71. The third-order valence-corrected chi connectivity index (χ3v) is 4.48. The Morgan fingerprint density at radius 3 is 2.50 bits per heavy atom. The maximum atomic E-state index is 6.01. The second kappa shape index (κ2) is 5.93. The van der Waals surface area contributed by atoms with Crippen molar-refractivity contribution in [1.82, 2.24) is 0 Å². The van der Waals surface area contributed by atoms with Crippen LogP contribution in [0.1, 0.15) is 16.7 Å². The van der Waals surface area contributed by atoms with Crippen LogP contribution in [0.5, 0.6) is 0 Å². The molecule has 0 saturated carbocycles. The van der Waals surface area contributed by atoms with Crippen molar-refractivity contribution in [2.45, 2.75) is 20.4 Å².